The molecule has 0 bridgehead atoms. The number of rotatable bonds is 7. The van der Waals surface area contributed by atoms with Crippen LogP contribution in [0.2, 0.25) is 0 Å². The summed E-state index contributed by atoms with van der Waals surface area (Å²) in [5.74, 6) is 0.108. The Bertz CT molecular complexity index is 1310. The second-order valence-electron chi connectivity index (χ2n) is 7.49. The first-order valence-corrected chi connectivity index (χ1v) is 11.4. The zero-order valence-corrected chi connectivity index (χ0v) is 19.7. The van der Waals surface area contributed by atoms with Crippen molar-refractivity contribution in [2.45, 2.75) is 33.8 Å². The summed E-state index contributed by atoms with van der Waals surface area (Å²) in [6.07, 6.45) is 0.922. The Morgan fingerprint density at radius 3 is 2.58 bits per heavy atom. The van der Waals surface area contributed by atoms with Gasteiger partial charge < -0.3 is 13.9 Å². The van der Waals surface area contributed by atoms with Crippen molar-refractivity contribution in [1.82, 2.24) is 4.98 Å². The number of ether oxygens (including phenoxy) is 2. The van der Waals surface area contributed by atoms with E-state index in [1.165, 1.54) is 23.8 Å². The monoisotopic (exact) mass is 464 g/mol. The molecule has 2 aromatic carbocycles. The average Bonchev–Trinajstić information content (AvgIpc) is 3.42. The number of anilines is 2. The number of fused-ring (bicyclic) bond motifs is 1. The van der Waals surface area contributed by atoms with E-state index in [9.17, 15) is 9.59 Å². The molecule has 0 aliphatic rings. The molecule has 8 heteroatoms. The summed E-state index contributed by atoms with van der Waals surface area (Å²) >= 11 is 1.31. The first kappa shape index (κ1) is 22.5. The molecule has 4 aromatic rings. The number of methoxy groups -OCH3 is 1. The number of carbonyl (C=O) groups is 2. The molecular weight excluding hydrogens is 440 g/mol. The van der Waals surface area contributed by atoms with Crippen molar-refractivity contribution in [2.24, 2.45) is 0 Å². The van der Waals surface area contributed by atoms with Crippen LogP contribution in [0.1, 0.15) is 41.2 Å². The maximum absolute atomic E-state index is 12.7. The lowest BCUT2D eigenvalue weighted by Gasteiger charge is -2.18. The van der Waals surface area contributed by atoms with Gasteiger partial charge in [-0.3, -0.25) is 9.69 Å². The molecule has 0 saturated carbocycles. The van der Waals surface area contributed by atoms with E-state index in [1.807, 2.05) is 30.3 Å². The summed E-state index contributed by atoms with van der Waals surface area (Å²) < 4.78 is 16.4. The molecule has 7 nitrogen and oxygen atoms in total. The quantitative estimate of drug-likeness (QED) is 0.321. The number of hydrogen-bond donors (Lipinski definition) is 0. The fourth-order valence-electron chi connectivity index (χ4n) is 3.50. The van der Waals surface area contributed by atoms with Gasteiger partial charge in [-0.2, -0.15) is 0 Å². The number of furan rings is 1. The molecule has 1 amide bonds. The van der Waals surface area contributed by atoms with Gasteiger partial charge in [0.05, 0.1) is 18.5 Å². The van der Waals surface area contributed by atoms with Gasteiger partial charge in [-0.1, -0.05) is 19.1 Å². The van der Waals surface area contributed by atoms with Gasteiger partial charge >= 0.3 is 5.97 Å². The van der Waals surface area contributed by atoms with Crippen LogP contribution in [0, 0.1) is 6.92 Å². The van der Waals surface area contributed by atoms with E-state index in [2.05, 4.69) is 11.9 Å². The smallest absolute Gasteiger partial charge is 0.374 e. The maximum Gasteiger partial charge on any atom is 0.374 e. The predicted octanol–water partition coefficient (Wildman–Crippen LogP) is 5.81. The number of nitrogens with zero attached hydrogens (tertiary/aromatic N) is 2. The van der Waals surface area contributed by atoms with E-state index < -0.39 is 5.97 Å². The molecule has 2 heterocycles. The zero-order chi connectivity index (χ0) is 23.5. The Morgan fingerprint density at radius 2 is 1.91 bits per heavy atom. The van der Waals surface area contributed by atoms with Crippen LogP contribution in [0.15, 0.2) is 52.3 Å². The Balaban J connectivity index is 1.49. The standard InChI is InChI=1S/C25H24N2O5S/c1-5-17-6-8-19(9-7-17)27(16(3)28)25-26-18(14-33-25)13-31-24(29)23-15(2)21-12-20(30-4)10-11-22(21)32-23/h6-12,14H,5,13H2,1-4H3. The molecule has 170 valence electrons. The van der Waals surface area contributed by atoms with Gasteiger partial charge in [-0.25, -0.2) is 9.78 Å². The largest absolute Gasteiger partial charge is 0.497 e. The molecule has 2 aromatic heterocycles. The summed E-state index contributed by atoms with van der Waals surface area (Å²) in [4.78, 5) is 31.0. The molecule has 0 fully saturated rings. The third-order valence-electron chi connectivity index (χ3n) is 5.33. The molecule has 0 aliphatic carbocycles. The van der Waals surface area contributed by atoms with Gasteiger partial charge in [0.2, 0.25) is 11.7 Å². The van der Waals surface area contributed by atoms with Crippen molar-refractivity contribution in [3.8, 4) is 5.75 Å². The van der Waals surface area contributed by atoms with Crippen molar-refractivity contribution >= 4 is 45.0 Å². The molecule has 0 atom stereocenters. The summed E-state index contributed by atoms with van der Waals surface area (Å²) in [5.41, 5.74) is 3.75. The number of aromatic nitrogens is 1. The first-order valence-electron chi connectivity index (χ1n) is 10.5. The third kappa shape index (κ3) is 4.61. The highest BCUT2D eigenvalue weighted by molar-refractivity contribution is 7.14. The number of carbonyl (C=O) groups excluding carboxylic acids is 2. The maximum atomic E-state index is 12.7. The Hall–Kier alpha value is -3.65. The molecule has 0 spiro atoms. The summed E-state index contributed by atoms with van der Waals surface area (Å²) in [7, 11) is 1.58. The van der Waals surface area contributed by atoms with Crippen LogP contribution in [0.4, 0.5) is 10.8 Å². The average molecular weight is 465 g/mol. The van der Waals surface area contributed by atoms with E-state index in [-0.39, 0.29) is 18.3 Å². The molecule has 4 rings (SSSR count). The second-order valence-corrected chi connectivity index (χ2v) is 8.33. The van der Waals surface area contributed by atoms with Crippen LogP contribution in [-0.2, 0) is 22.6 Å². The SMILES string of the molecule is CCc1ccc(N(C(C)=O)c2nc(COC(=O)c3oc4ccc(OC)cc4c3C)cs2)cc1. The minimum absolute atomic E-state index is 0.0321. The molecule has 0 unspecified atom stereocenters. The highest BCUT2D eigenvalue weighted by Gasteiger charge is 2.21. The van der Waals surface area contributed by atoms with Crippen LogP contribution in [0.25, 0.3) is 11.0 Å². The van der Waals surface area contributed by atoms with Gasteiger partial charge in [-0.05, 0) is 49.2 Å². The van der Waals surface area contributed by atoms with Crippen molar-refractivity contribution < 1.29 is 23.5 Å². The number of hydrogen-bond acceptors (Lipinski definition) is 7. The summed E-state index contributed by atoms with van der Waals surface area (Å²) in [6.45, 7) is 5.34. The van der Waals surface area contributed by atoms with Crippen LogP contribution in [0.5, 0.6) is 5.75 Å². The third-order valence-corrected chi connectivity index (χ3v) is 6.20. The predicted molar refractivity (Wildman–Crippen MR) is 127 cm³/mol. The number of thiazole rings is 1. The number of benzene rings is 2. The van der Waals surface area contributed by atoms with E-state index in [0.29, 0.717) is 27.7 Å². The van der Waals surface area contributed by atoms with Crippen molar-refractivity contribution in [3.63, 3.8) is 0 Å². The van der Waals surface area contributed by atoms with E-state index in [1.54, 1.807) is 36.4 Å². The van der Waals surface area contributed by atoms with Crippen LogP contribution < -0.4 is 9.64 Å². The lowest BCUT2D eigenvalue weighted by Crippen LogP contribution is -2.22. The van der Waals surface area contributed by atoms with Gasteiger partial charge in [0.1, 0.15) is 17.9 Å². The highest BCUT2D eigenvalue weighted by Crippen LogP contribution is 2.31. The Morgan fingerprint density at radius 1 is 1.15 bits per heavy atom. The Kier molecular flexibility index (Phi) is 6.46. The fourth-order valence-corrected chi connectivity index (χ4v) is 4.37. The van der Waals surface area contributed by atoms with E-state index >= 15 is 0 Å². The molecule has 0 N–H and O–H groups in total. The fraction of sp³-hybridized carbons (Fsp3) is 0.240. The summed E-state index contributed by atoms with van der Waals surface area (Å²) in [6, 6.07) is 13.1. The topological polar surface area (TPSA) is 81.9 Å². The van der Waals surface area contributed by atoms with Gasteiger partial charge in [0, 0.05) is 23.3 Å². The van der Waals surface area contributed by atoms with Gasteiger partial charge in [0.25, 0.3) is 0 Å². The molecular formula is C25H24N2O5S. The lowest BCUT2D eigenvalue weighted by molar-refractivity contribution is -0.115. The minimum Gasteiger partial charge on any atom is -0.497 e. The Labute approximate surface area is 195 Å². The van der Waals surface area contributed by atoms with Gasteiger partial charge in [-0.15, -0.1) is 11.3 Å². The number of aryl methyl sites for hydroxylation is 2. The highest BCUT2D eigenvalue weighted by atomic mass is 32.1. The molecule has 0 aliphatic heterocycles. The normalized spacial score (nSPS) is 10.9. The lowest BCUT2D eigenvalue weighted by atomic mass is 10.1. The molecule has 0 radical (unpaired) electrons. The first-order chi connectivity index (χ1) is 15.9. The van der Waals surface area contributed by atoms with Gasteiger partial charge in [0.15, 0.2) is 5.13 Å². The molecule has 0 saturated heterocycles. The van der Waals surface area contributed by atoms with E-state index in [4.69, 9.17) is 13.9 Å². The zero-order valence-electron chi connectivity index (χ0n) is 18.9. The second kappa shape index (κ2) is 9.46. The minimum atomic E-state index is -0.573. The van der Waals surface area contributed by atoms with Crippen LogP contribution >= 0.6 is 11.3 Å². The van der Waals surface area contributed by atoms with Crippen LogP contribution in [0.3, 0.4) is 0 Å². The summed E-state index contributed by atoms with van der Waals surface area (Å²) in [5, 5.41) is 3.09. The van der Waals surface area contributed by atoms with Crippen LogP contribution in [-0.4, -0.2) is 24.0 Å². The van der Waals surface area contributed by atoms with Crippen molar-refractivity contribution in [3.05, 3.63) is 70.4 Å². The van der Waals surface area contributed by atoms with Crippen molar-refractivity contribution in [1.29, 1.82) is 0 Å². The number of esters is 1. The van der Waals surface area contributed by atoms with Crippen molar-refractivity contribution in [2.75, 3.05) is 12.0 Å². The number of amides is 1. The molecule has 33 heavy (non-hydrogen) atoms. The van der Waals surface area contributed by atoms with E-state index in [0.717, 1.165) is 17.5 Å².